The van der Waals surface area contributed by atoms with E-state index in [9.17, 15) is 9.59 Å². The second-order valence-corrected chi connectivity index (χ2v) is 7.01. The summed E-state index contributed by atoms with van der Waals surface area (Å²) in [4.78, 5) is 26.0. The van der Waals surface area contributed by atoms with Gasteiger partial charge in [-0.3, -0.25) is 14.2 Å². The van der Waals surface area contributed by atoms with Crippen LogP contribution >= 0.6 is 11.3 Å². The smallest absolute Gasteiger partial charge is 0.251 e. The molecule has 0 fully saturated rings. The highest BCUT2D eigenvalue weighted by atomic mass is 32.1. The van der Waals surface area contributed by atoms with Crippen molar-refractivity contribution in [3.8, 4) is 0 Å². The Hall–Kier alpha value is -2.40. The molecule has 1 atom stereocenters. The van der Waals surface area contributed by atoms with Crippen molar-refractivity contribution in [3.63, 3.8) is 0 Å². The van der Waals surface area contributed by atoms with E-state index in [-0.39, 0.29) is 24.1 Å². The minimum Gasteiger partial charge on any atom is -0.347 e. The molecule has 2 heterocycles. The van der Waals surface area contributed by atoms with Crippen LogP contribution in [0.1, 0.15) is 29.0 Å². The average molecular weight is 340 g/mol. The van der Waals surface area contributed by atoms with Gasteiger partial charge in [0.1, 0.15) is 6.54 Å². The first-order valence-corrected chi connectivity index (χ1v) is 8.78. The van der Waals surface area contributed by atoms with Crippen LogP contribution in [0.3, 0.4) is 0 Å². The molecular weight excluding hydrogens is 320 g/mol. The number of thiophene rings is 1. The first-order valence-electron chi connectivity index (χ1n) is 7.90. The molecule has 4 nitrogen and oxygen atoms in total. The van der Waals surface area contributed by atoms with Gasteiger partial charge in [-0.05, 0) is 43.3 Å². The molecule has 1 aromatic carbocycles. The largest absolute Gasteiger partial charge is 0.347 e. The van der Waals surface area contributed by atoms with Crippen LogP contribution in [-0.2, 0) is 11.3 Å². The number of aromatic nitrogens is 1. The molecule has 0 aliphatic carbocycles. The summed E-state index contributed by atoms with van der Waals surface area (Å²) < 4.78 is 1.56. The van der Waals surface area contributed by atoms with E-state index in [4.69, 9.17) is 0 Å². The van der Waals surface area contributed by atoms with Gasteiger partial charge in [-0.1, -0.05) is 24.3 Å². The third-order valence-electron chi connectivity index (χ3n) is 4.19. The van der Waals surface area contributed by atoms with Crippen LogP contribution in [0.4, 0.5) is 0 Å². The fourth-order valence-electron chi connectivity index (χ4n) is 2.98. The summed E-state index contributed by atoms with van der Waals surface area (Å²) in [6, 6.07) is 11.4. The van der Waals surface area contributed by atoms with Gasteiger partial charge in [0.25, 0.3) is 5.56 Å². The van der Waals surface area contributed by atoms with Gasteiger partial charge in [-0.2, -0.15) is 0 Å². The maximum atomic E-state index is 12.4. The lowest BCUT2D eigenvalue weighted by atomic mass is 10.1. The fourth-order valence-corrected chi connectivity index (χ4v) is 3.72. The molecular formula is C19H20N2O2S. The van der Waals surface area contributed by atoms with E-state index in [1.54, 1.807) is 22.0 Å². The number of rotatable bonds is 4. The number of nitrogens with one attached hydrogen (secondary N) is 1. The lowest BCUT2D eigenvalue weighted by molar-refractivity contribution is -0.122. The van der Waals surface area contributed by atoms with E-state index in [0.717, 1.165) is 26.9 Å². The number of carbonyl (C=O) groups is 1. The molecule has 0 aliphatic rings. The number of carbonyl (C=O) groups excluding carboxylic acids is 1. The van der Waals surface area contributed by atoms with Crippen molar-refractivity contribution in [2.75, 3.05) is 0 Å². The van der Waals surface area contributed by atoms with Gasteiger partial charge in [0, 0.05) is 16.3 Å². The van der Waals surface area contributed by atoms with Crippen LogP contribution in [0, 0.1) is 13.8 Å². The number of pyridine rings is 1. The first kappa shape index (κ1) is 16.5. The number of nitrogens with zero attached hydrogens (tertiary/aromatic N) is 1. The Labute approximate surface area is 144 Å². The highest BCUT2D eigenvalue weighted by molar-refractivity contribution is 7.10. The predicted molar refractivity (Wildman–Crippen MR) is 98.6 cm³/mol. The molecule has 2 aromatic heterocycles. The van der Waals surface area contributed by atoms with Crippen molar-refractivity contribution < 1.29 is 4.79 Å². The van der Waals surface area contributed by atoms with Gasteiger partial charge in [0.15, 0.2) is 0 Å². The number of para-hydroxylation sites is 1. The van der Waals surface area contributed by atoms with Gasteiger partial charge >= 0.3 is 0 Å². The zero-order chi connectivity index (χ0) is 17.3. The average Bonchev–Trinajstić information content (AvgIpc) is 3.06. The van der Waals surface area contributed by atoms with Gasteiger partial charge < -0.3 is 5.32 Å². The molecule has 3 rings (SSSR count). The highest BCUT2D eigenvalue weighted by Gasteiger charge is 2.14. The van der Waals surface area contributed by atoms with Crippen LogP contribution in [-0.4, -0.2) is 10.5 Å². The van der Waals surface area contributed by atoms with Crippen molar-refractivity contribution in [2.45, 2.75) is 33.4 Å². The molecule has 0 spiro atoms. The van der Waals surface area contributed by atoms with E-state index >= 15 is 0 Å². The van der Waals surface area contributed by atoms with E-state index < -0.39 is 0 Å². The predicted octanol–water partition coefficient (Wildman–Crippen LogP) is 3.56. The van der Waals surface area contributed by atoms with Crippen LogP contribution in [0.25, 0.3) is 10.9 Å². The van der Waals surface area contributed by atoms with Crippen LogP contribution in [0.2, 0.25) is 0 Å². The van der Waals surface area contributed by atoms with E-state index in [2.05, 4.69) is 5.32 Å². The molecule has 1 amide bonds. The van der Waals surface area contributed by atoms with Crippen LogP contribution < -0.4 is 10.9 Å². The summed E-state index contributed by atoms with van der Waals surface area (Å²) in [6.07, 6.45) is 0. The third kappa shape index (κ3) is 3.12. The lowest BCUT2D eigenvalue weighted by Gasteiger charge is -2.16. The van der Waals surface area contributed by atoms with Gasteiger partial charge in [0.05, 0.1) is 11.6 Å². The SMILES string of the molecule is Cc1cc(=O)n(CC(=O)NC(C)c2cccs2)c2c(C)cccc12. The van der Waals surface area contributed by atoms with Gasteiger partial charge in [-0.15, -0.1) is 11.3 Å². The number of benzene rings is 1. The highest BCUT2D eigenvalue weighted by Crippen LogP contribution is 2.21. The Balaban J connectivity index is 1.93. The zero-order valence-electron chi connectivity index (χ0n) is 14.0. The number of hydrogen-bond donors (Lipinski definition) is 1. The summed E-state index contributed by atoms with van der Waals surface area (Å²) in [5.41, 5.74) is 2.62. The second-order valence-electron chi connectivity index (χ2n) is 6.03. The Morgan fingerprint density at radius 1 is 1.21 bits per heavy atom. The Morgan fingerprint density at radius 2 is 2.00 bits per heavy atom. The molecule has 1 unspecified atom stereocenters. The molecule has 1 N–H and O–H groups in total. The van der Waals surface area contributed by atoms with Crippen molar-refractivity contribution in [3.05, 3.63) is 68.1 Å². The minimum atomic E-state index is -0.161. The molecule has 0 radical (unpaired) electrons. The van der Waals surface area contributed by atoms with E-state index in [1.165, 1.54) is 0 Å². The first-order chi connectivity index (χ1) is 11.5. The summed E-state index contributed by atoms with van der Waals surface area (Å²) in [5.74, 6) is -0.161. The monoisotopic (exact) mass is 340 g/mol. The summed E-state index contributed by atoms with van der Waals surface area (Å²) in [7, 11) is 0. The zero-order valence-corrected chi connectivity index (χ0v) is 14.8. The molecule has 0 bridgehead atoms. The maximum absolute atomic E-state index is 12.4. The normalized spacial score (nSPS) is 12.3. The summed E-state index contributed by atoms with van der Waals surface area (Å²) in [5, 5.41) is 5.96. The minimum absolute atomic E-state index is 0.0240. The summed E-state index contributed by atoms with van der Waals surface area (Å²) >= 11 is 1.61. The number of aryl methyl sites for hydroxylation is 2. The Bertz CT molecular complexity index is 942. The third-order valence-corrected chi connectivity index (χ3v) is 5.24. The van der Waals surface area contributed by atoms with E-state index in [1.807, 2.05) is 56.5 Å². The molecule has 0 aliphatic heterocycles. The molecule has 5 heteroatoms. The quantitative estimate of drug-likeness (QED) is 0.789. The van der Waals surface area contributed by atoms with Crippen molar-refractivity contribution in [1.29, 1.82) is 0 Å². The lowest BCUT2D eigenvalue weighted by Crippen LogP contribution is -2.34. The van der Waals surface area contributed by atoms with Gasteiger partial charge in [-0.25, -0.2) is 0 Å². The van der Waals surface area contributed by atoms with Crippen molar-refractivity contribution in [2.24, 2.45) is 0 Å². The molecule has 24 heavy (non-hydrogen) atoms. The van der Waals surface area contributed by atoms with E-state index in [0.29, 0.717) is 0 Å². The number of fused-ring (bicyclic) bond motifs is 1. The maximum Gasteiger partial charge on any atom is 0.251 e. The van der Waals surface area contributed by atoms with Crippen LogP contribution in [0.5, 0.6) is 0 Å². The second kappa shape index (κ2) is 6.61. The molecule has 0 saturated carbocycles. The standard InChI is InChI=1S/C19H20N2O2S/c1-12-6-4-7-15-13(2)10-18(23)21(19(12)15)11-17(22)20-14(3)16-8-5-9-24-16/h4-10,14H,11H2,1-3H3,(H,20,22). The summed E-state index contributed by atoms with van der Waals surface area (Å²) in [6.45, 7) is 5.86. The topological polar surface area (TPSA) is 51.1 Å². The molecule has 124 valence electrons. The fraction of sp³-hybridized carbons (Fsp3) is 0.263. The molecule has 3 aromatic rings. The Kier molecular flexibility index (Phi) is 4.53. The Morgan fingerprint density at radius 3 is 2.71 bits per heavy atom. The number of hydrogen-bond acceptors (Lipinski definition) is 3. The van der Waals surface area contributed by atoms with Crippen LogP contribution in [0.15, 0.2) is 46.6 Å². The van der Waals surface area contributed by atoms with Gasteiger partial charge in [0.2, 0.25) is 5.91 Å². The van der Waals surface area contributed by atoms with Crippen molar-refractivity contribution in [1.82, 2.24) is 9.88 Å². The number of amides is 1. The molecule has 0 saturated heterocycles. The van der Waals surface area contributed by atoms with Crippen molar-refractivity contribution >= 4 is 28.1 Å².